The van der Waals surface area contributed by atoms with Crippen molar-refractivity contribution in [3.05, 3.63) is 17.5 Å². The molecule has 0 aliphatic heterocycles. The Kier molecular flexibility index (Phi) is 35.7. The van der Waals surface area contributed by atoms with E-state index >= 15 is 0 Å². The maximum atomic E-state index is 10.9. The fourth-order valence-electron chi connectivity index (χ4n) is 5.68. The number of aromatic amines is 1. The Morgan fingerprint density at radius 3 is 1.30 bits per heavy atom. The minimum Gasteiger partial charge on any atom is -0.427 e. The van der Waals surface area contributed by atoms with Crippen LogP contribution in [0.25, 0.3) is 0 Å². The van der Waals surface area contributed by atoms with E-state index in [2.05, 4.69) is 135 Å². The van der Waals surface area contributed by atoms with Gasteiger partial charge in [-0.3, -0.25) is 14.2 Å². The molecule has 0 aliphatic carbocycles. The number of Topliss-reactive ketones (excluding diaryl/α,β-unsaturated/α-hetero) is 3. The second-order valence-electron chi connectivity index (χ2n) is 26.6. The predicted molar refractivity (Wildman–Crippen MR) is 292 cm³/mol. The van der Waals surface area contributed by atoms with Crippen molar-refractivity contribution >= 4 is 41.9 Å². The smallest absolute Gasteiger partial charge is 0.427 e. The average molecular weight is 1080 g/mol. The molecule has 0 unspecified atom stereocenters. The van der Waals surface area contributed by atoms with Gasteiger partial charge in [0.25, 0.3) is 0 Å². The van der Waals surface area contributed by atoms with Gasteiger partial charge in [-0.05, 0) is 80.6 Å². The minimum absolute atomic E-state index is 0. The number of sulfone groups is 1. The van der Waals surface area contributed by atoms with Gasteiger partial charge >= 0.3 is 14.7 Å². The summed E-state index contributed by atoms with van der Waals surface area (Å²) in [5.41, 5.74) is 0.323. The molecule has 428 valence electrons. The van der Waals surface area contributed by atoms with Gasteiger partial charge in [0.05, 0.1) is 11.9 Å². The van der Waals surface area contributed by atoms with Crippen LogP contribution in [0.4, 0.5) is 0 Å². The molecular formula is C48H102BN12O10PS. The van der Waals surface area contributed by atoms with Crippen LogP contribution in [0.5, 0.6) is 0 Å². The Bertz CT molecular complexity index is 2130. The standard InChI is InChI=1S/2C9H16N4O.C7H14O.C6H12N4.C6H14O2S.C5H13BO2.C5H13O3P.CH4/c1-7(14)6-13-8(10-11-12-13)5-9(2,3)4;1-7(14)6-13-11-8(10-12-13)5-9(2,3)4;1-6(8)5-7(2,3)4;1-6(2,3)4-5-7-9-10-8-5;1-6(2,3)5-9(4,7)8;1-5(2,3)4-6(7)8;1-5(2,3)4-9(6,7)8;/h2*5-6H2,1-4H3;5H2,1-4H3;4H2,1-3H3,(H,7,8,9,10);5H2,1-4H3;7-8H,4H2,1-3H3;4H2,1-3H3,(H2,6,7,8);1H4. The maximum absolute atomic E-state index is 10.9. The summed E-state index contributed by atoms with van der Waals surface area (Å²) in [7, 11) is -7.73. The van der Waals surface area contributed by atoms with Gasteiger partial charge in [0, 0.05) is 31.9 Å². The fraction of sp³-hybridized carbons (Fsp3) is 0.875. The fourth-order valence-corrected chi connectivity index (χ4v) is 8.49. The van der Waals surface area contributed by atoms with Crippen molar-refractivity contribution < 1.29 is 47.2 Å². The summed E-state index contributed by atoms with van der Waals surface area (Å²) in [5, 5.41) is 53.5. The summed E-state index contributed by atoms with van der Waals surface area (Å²) in [6.07, 6.45) is 4.75. The van der Waals surface area contributed by atoms with E-state index in [4.69, 9.17) is 19.8 Å². The molecule has 5 N–H and O–H groups in total. The molecule has 3 aromatic rings. The van der Waals surface area contributed by atoms with Crippen molar-refractivity contribution in [1.29, 1.82) is 0 Å². The third-order valence-electron chi connectivity index (χ3n) is 7.24. The van der Waals surface area contributed by atoms with Gasteiger partial charge < -0.3 is 24.6 Å². The molecule has 3 heterocycles. The molecule has 25 heteroatoms. The topological polar surface area (TPSA) is 325 Å². The number of ketones is 3. The molecule has 0 saturated carbocycles. The van der Waals surface area contributed by atoms with Crippen molar-refractivity contribution in [2.45, 2.75) is 219 Å². The van der Waals surface area contributed by atoms with Gasteiger partial charge in [0.2, 0.25) is 0 Å². The second kappa shape index (κ2) is 33.4. The lowest BCUT2D eigenvalue weighted by atomic mass is 9.72. The van der Waals surface area contributed by atoms with Gasteiger partial charge in [-0.1, -0.05) is 158 Å². The summed E-state index contributed by atoms with van der Waals surface area (Å²) >= 11 is 0. The van der Waals surface area contributed by atoms with Gasteiger partial charge in [0.1, 0.15) is 28.7 Å². The van der Waals surface area contributed by atoms with Crippen LogP contribution in [0.15, 0.2) is 0 Å². The van der Waals surface area contributed by atoms with Crippen LogP contribution in [0.1, 0.15) is 197 Å². The first-order valence-electron chi connectivity index (χ1n) is 23.9. The van der Waals surface area contributed by atoms with Crippen LogP contribution in [-0.2, 0) is 61.1 Å². The van der Waals surface area contributed by atoms with Gasteiger partial charge in [-0.25, -0.2) is 13.1 Å². The van der Waals surface area contributed by atoms with Crippen LogP contribution in [0, 0.1) is 37.9 Å². The van der Waals surface area contributed by atoms with Crippen molar-refractivity contribution in [2.75, 3.05) is 18.2 Å². The van der Waals surface area contributed by atoms with E-state index in [9.17, 15) is 27.4 Å². The van der Waals surface area contributed by atoms with Gasteiger partial charge in [0.15, 0.2) is 29.0 Å². The number of nitrogens with one attached hydrogen (secondary N) is 1. The monoisotopic (exact) mass is 1080 g/mol. The minimum atomic E-state index is -3.79. The lowest BCUT2D eigenvalue weighted by Crippen LogP contribution is -2.19. The molecule has 3 aromatic heterocycles. The molecule has 0 radical (unpaired) electrons. The zero-order valence-electron chi connectivity index (χ0n) is 49.0. The molecule has 0 bridgehead atoms. The Hall–Kier alpha value is -3.70. The Morgan fingerprint density at radius 2 is 1.05 bits per heavy atom. The summed E-state index contributed by atoms with van der Waals surface area (Å²) in [6.45, 7) is 47.4. The highest BCUT2D eigenvalue weighted by atomic mass is 32.2. The van der Waals surface area contributed by atoms with Gasteiger partial charge in [-0.15, -0.1) is 25.5 Å². The van der Waals surface area contributed by atoms with Crippen LogP contribution in [-0.4, -0.2) is 132 Å². The van der Waals surface area contributed by atoms with Crippen molar-refractivity contribution in [3.63, 3.8) is 0 Å². The Labute approximate surface area is 440 Å². The zero-order valence-corrected chi connectivity index (χ0v) is 50.7. The number of hydrogen-bond donors (Lipinski definition) is 5. The third kappa shape index (κ3) is 66.3. The van der Waals surface area contributed by atoms with E-state index in [0.717, 1.165) is 30.9 Å². The number of carbonyl (C=O) groups is 3. The lowest BCUT2D eigenvalue weighted by molar-refractivity contribution is -0.119. The zero-order chi connectivity index (χ0) is 58.1. The molecule has 0 spiro atoms. The first-order valence-corrected chi connectivity index (χ1v) is 27.7. The summed E-state index contributed by atoms with van der Waals surface area (Å²) in [4.78, 5) is 50.4. The molecule has 73 heavy (non-hydrogen) atoms. The molecule has 0 fully saturated rings. The first-order chi connectivity index (χ1) is 31.6. The number of H-pyrrole nitrogens is 1. The maximum Gasteiger partial charge on any atom is 0.451 e. The number of rotatable bonds is 11. The van der Waals surface area contributed by atoms with Crippen molar-refractivity contribution in [2.24, 2.45) is 37.9 Å². The quantitative estimate of drug-likeness (QED) is 0.0898. The predicted octanol–water partition coefficient (Wildman–Crippen LogP) is 7.93. The Morgan fingerprint density at radius 1 is 0.603 bits per heavy atom. The molecule has 0 aliphatic rings. The lowest BCUT2D eigenvalue weighted by Gasteiger charge is -2.17. The van der Waals surface area contributed by atoms with E-state index in [1.807, 2.05) is 41.5 Å². The number of nitrogens with zero attached hydrogens (tertiary/aromatic N) is 11. The van der Waals surface area contributed by atoms with E-state index in [-0.39, 0.29) is 87.7 Å². The van der Waals surface area contributed by atoms with E-state index < -0.39 is 24.6 Å². The highest BCUT2D eigenvalue weighted by molar-refractivity contribution is 7.90. The molecule has 3 rings (SSSR count). The van der Waals surface area contributed by atoms with Gasteiger partial charge in [-0.2, -0.15) is 10.0 Å². The van der Waals surface area contributed by atoms with Crippen LogP contribution in [0.2, 0.25) is 6.32 Å². The third-order valence-corrected chi connectivity index (χ3v) is 9.99. The second-order valence-corrected chi connectivity index (χ2v) is 30.4. The number of aromatic nitrogens is 12. The molecular weight excluding hydrogens is 978 g/mol. The molecule has 22 nitrogen and oxygen atoms in total. The summed E-state index contributed by atoms with van der Waals surface area (Å²) in [5.74, 6) is 2.88. The number of hydrogen-bond acceptors (Lipinski definition) is 17. The summed E-state index contributed by atoms with van der Waals surface area (Å²) < 4.78 is 33.2. The summed E-state index contributed by atoms with van der Waals surface area (Å²) in [6, 6.07) is 0. The highest BCUT2D eigenvalue weighted by Crippen LogP contribution is 2.41. The van der Waals surface area contributed by atoms with Crippen LogP contribution in [0.3, 0.4) is 0 Å². The van der Waals surface area contributed by atoms with Crippen molar-refractivity contribution in [1.82, 2.24) is 61.0 Å². The van der Waals surface area contributed by atoms with E-state index in [1.165, 1.54) is 24.9 Å². The molecule has 0 amide bonds. The van der Waals surface area contributed by atoms with Crippen LogP contribution >= 0.6 is 7.60 Å². The normalized spacial score (nSPS) is 12.1. The Balaban J connectivity index is -0.000000249. The van der Waals surface area contributed by atoms with Crippen molar-refractivity contribution in [3.8, 4) is 0 Å². The average Bonchev–Trinajstić information content (AvgIpc) is 3.78. The highest BCUT2D eigenvalue weighted by Gasteiger charge is 2.24. The van der Waals surface area contributed by atoms with Crippen LogP contribution < -0.4 is 0 Å². The number of tetrazole rings is 3. The molecule has 0 aromatic carbocycles. The number of carbonyl (C=O) groups excluding carboxylic acids is 3. The first kappa shape index (κ1) is 78.2. The molecule has 0 saturated heterocycles. The SMILES string of the molecule is C.CC(=O)CC(C)(C)C.CC(=O)Cn1nnc(CC(C)(C)C)n1.CC(=O)Cn1nnnc1CC(C)(C)C.CC(C)(C)CB(O)O.CC(C)(C)CP(=O)(O)O.CC(C)(C)CS(C)(=O)=O.CC(C)(C)Cc1nn[nH]n1. The van der Waals surface area contributed by atoms with E-state index in [1.54, 1.807) is 32.4 Å². The molecule has 0 atom stereocenters. The largest absolute Gasteiger partial charge is 0.451 e. The van der Waals surface area contributed by atoms with E-state index in [0.29, 0.717) is 18.6 Å².